The molecule has 1 heterocycles. The first kappa shape index (κ1) is 21.1. The number of hydrogen-bond acceptors (Lipinski definition) is 4. The number of rotatable bonds is 7. The number of carbonyl (C=O) groups is 2. The van der Waals surface area contributed by atoms with Gasteiger partial charge in [0.2, 0.25) is 5.91 Å². The van der Waals surface area contributed by atoms with Crippen molar-refractivity contribution in [1.29, 1.82) is 0 Å². The van der Waals surface area contributed by atoms with Crippen LogP contribution in [0.25, 0.3) is 0 Å². The van der Waals surface area contributed by atoms with Crippen molar-refractivity contribution < 1.29 is 18.7 Å². The van der Waals surface area contributed by atoms with Crippen LogP contribution in [-0.2, 0) is 14.3 Å². The van der Waals surface area contributed by atoms with Crippen molar-refractivity contribution in [3.8, 4) is 0 Å². The predicted molar refractivity (Wildman–Crippen MR) is 117 cm³/mol. The molecule has 4 aliphatic carbocycles. The molecule has 4 fully saturated rings. The minimum absolute atomic E-state index is 0.0662. The van der Waals surface area contributed by atoms with Gasteiger partial charge in [-0.05, 0) is 80.5 Å². The van der Waals surface area contributed by atoms with Gasteiger partial charge in [0, 0.05) is 23.7 Å². The van der Waals surface area contributed by atoms with Gasteiger partial charge in [-0.15, -0.1) is 0 Å². The highest BCUT2D eigenvalue weighted by Crippen LogP contribution is 2.60. The third-order valence-corrected chi connectivity index (χ3v) is 7.49. The summed E-state index contributed by atoms with van der Waals surface area (Å²) in [5, 5.41) is 3.02. The maximum Gasteiger partial charge on any atom is 0.308 e. The number of halogens is 1. The lowest BCUT2D eigenvalue weighted by Crippen LogP contribution is -2.53. The number of carbonyl (C=O) groups excluding carboxylic acids is 2. The largest absolute Gasteiger partial charge is 0.451 e. The number of ether oxygens (including phenoxy) is 1. The van der Waals surface area contributed by atoms with E-state index >= 15 is 0 Å². The molecule has 1 aromatic carbocycles. The number of hydrogen-bond donors (Lipinski definition) is 1. The van der Waals surface area contributed by atoms with Crippen molar-refractivity contribution in [2.45, 2.75) is 51.0 Å². The number of nitrogens with one attached hydrogen (secondary N) is 1. The van der Waals surface area contributed by atoms with Crippen LogP contribution in [0.5, 0.6) is 0 Å². The van der Waals surface area contributed by atoms with Crippen LogP contribution < -0.4 is 5.32 Å². The van der Waals surface area contributed by atoms with Crippen LogP contribution in [0.1, 0.15) is 62.3 Å². The molecule has 0 aliphatic heterocycles. The van der Waals surface area contributed by atoms with Gasteiger partial charge in [-0.1, -0.05) is 18.2 Å². The molecule has 1 N–H and O–H groups in total. The lowest BCUT2D eigenvalue weighted by Gasteiger charge is -2.55. The van der Waals surface area contributed by atoms with E-state index in [-0.39, 0.29) is 24.3 Å². The van der Waals surface area contributed by atoms with E-state index in [2.05, 4.69) is 10.3 Å². The topological polar surface area (TPSA) is 68.3 Å². The van der Waals surface area contributed by atoms with Gasteiger partial charge in [-0.25, -0.2) is 4.39 Å². The first-order chi connectivity index (χ1) is 15.5. The average Bonchev–Trinajstić information content (AvgIpc) is 2.77. The van der Waals surface area contributed by atoms with Crippen molar-refractivity contribution in [1.82, 2.24) is 10.3 Å². The van der Waals surface area contributed by atoms with Crippen molar-refractivity contribution in [3.63, 3.8) is 0 Å². The van der Waals surface area contributed by atoms with Gasteiger partial charge in [-0.2, -0.15) is 0 Å². The summed E-state index contributed by atoms with van der Waals surface area (Å²) in [4.78, 5) is 30.0. The van der Waals surface area contributed by atoms with E-state index in [0.717, 1.165) is 19.3 Å². The Bertz CT molecular complexity index is 958. The summed E-state index contributed by atoms with van der Waals surface area (Å²) >= 11 is 0. The Morgan fingerprint density at radius 1 is 1.06 bits per heavy atom. The molecule has 4 bridgehead atoms. The second-order valence-corrected chi connectivity index (χ2v) is 9.88. The van der Waals surface area contributed by atoms with E-state index in [0.29, 0.717) is 29.0 Å². The highest BCUT2D eigenvalue weighted by molar-refractivity contribution is 5.83. The van der Waals surface area contributed by atoms with Crippen molar-refractivity contribution in [2.24, 2.45) is 23.2 Å². The number of amides is 1. The van der Waals surface area contributed by atoms with Gasteiger partial charge in [0.25, 0.3) is 0 Å². The fourth-order valence-electron chi connectivity index (χ4n) is 6.54. The number of benzene rings is 1. The summed E-state index contributed by atoms with van der Waals surface area (Å²) in [6.07, 6.45) is 7.73. The van der Waals surface area contributed by atoms with Crippen LogP contribution >= 0.6 is 0 Å². The minimum atomic E-state index is -0.793. The SMILES string of the molecule is O=C(CCNC(=O)C12CC3CC(CC(C3)C1)C2)O[C@H](c1cccc(F)c1)c1ccccn1. The molecule has 1 atom stereocenters. The molecule has 0 spiro atoms. The van der Waals surface area contributed by atoms with Crippen LogP contribution in [0, 0.1) is 29.0 Å². The molecule has 2 aromatic rings. The van der Waals surface area contributed by atoms with Crippen LogP contribution in [-0.4, -0.2) is 23.4 Å². The lowest BCUT2D eigenvalue weighted by atomic mass is 9.49. The minimum Gasteiger partial charge on any atom is -0.451 e. The maximum atomic E-state index is 13.8. The van der Waals surface area contributed by atoms with Crippen LogP contribution in [0.4, 0.5) is 4.39 Å². The highest BCUT2D eigenvalue weighted by Gasteiger charge is 2.54. The Labute approximate surface area is 187 Å². The zero-order chi connectivity index (χ0) is 22.1. The summed E-state index contributed by atoms with van der Waals surface area (Å²) in [5.41, 5.74) is 0.829. The number of pyridine rings is 1. The summed E-state index contributed by atoms with van der Waals surface area (Å²) < 4.78 is 19.5. The highest BCUT2D eigenvalue weighted by atomic mass is 19.1. The van der Waals surface area contributed by atoms with Crippen molar-refractivity contribution in [3.05, 3.63) is 65.7 Å². The van der Waals surface area contributed by atoms with Crippen LogP contribution in [0.3, 0.4) is 0 Å². The molecule has 32 heavy (non-hydrogen) atoms. The third-order valence-electron chi connectivity index (χ3n) is 7.49. The average molecular weight is 437 g/mol. The molecule has 6 heteroatoms. The standard InChI is InChI=1S/C26H29FN2O3/c27-21-5-3-4-20(13-21)24(22-6-1-2-8-28-22)32-23(30)7-9-29-25(31)26-14-17-10-18(15-26)12-19(11-17)16-26/h1-6,8,13,17-19,24H,7,9-12,14-16H2,(H,29,31)/t17?,18?,19?,24-,26?/m1/s1. The molecule has 1 aromatic heterocycles. The molecule has 0 saturated heterocycles. The summed E-state index contributed by atoms with van der Waals surface area (Å²) in [7, 11) is 0. The molecule has 0 radical (unpaired) electrons. The molecule has 168 valence electrons. The Morgan fingerprint density at radius 3 is 2.41 bits per heavy atom. The normalized spacial score (nSPS) is 28.8. The van der Waals surface area contributed by atoms with E-state index in [4.69, 9.17) is 4.74 Å². The van der Waals surface area contributed by atoms with Crippen molar-refractivity contribution in [2.75, 3.05) is 6.54 Å². The fraction of sp³-hybridized carbons (Fsp3) is 0.500. The van der Waals surface area contributed by atoms with E-state index < -0.39 is 17.9 Å². The van der Waals surface area contributed by atoms with E-state index in [9.17, 15) is 14.0 Å². The number of aromatic nitrogens is 1. The van der Waals surface area contributed by atoms with Crippen LogP contribution in [0.15, 0.2) is 48.7 Å². The molecular formula is C26H29FN2O3. The molecule has 4 aliphatic rings. The quantitative estimate of drug-likeness (QED) is 0.646. The molecule has 1 amide bonds. The van der Waals surface area contributed by atoms with Gasteiger partial charge in [0.1, 0.15) is 5.82 Å². The summed E-state index contributed by atoms with van der Waals surface area (Å²) in [6.45, 7) is 0.248. The molecule has 5 nitrogen and oxygen atoms in total. The fourth-order valence-corrected chi connectivity index (χ4v) is 6.54. The molecule has 4 saturated carbocycles. The van der Waals surface area contributed by atoms with E-state index in [1.165, 1.54) is 31.4 Å². The van der Waals surface area contributed by atoms with Crippen LogP contribution in [0.2, 0.25) is 0 Å². The molecular weight excluding hydrogens is 407 g/mol. The van der Waals surface area contributed by atoms with E-state index in [1.54, 1.807) is 36.5 Å². The second kappa shape index (κ2) is 8.64. The number of esters is 1. The zero-order valence-corrected chi connectivity index (χ0v) is 18.1. The maximum absolute atomic E-state index is 13.8. The van der Waals surface area contributed by atoms with Gasteiger partial charge in [0.05, 0.1) is 12.1 Å². The van der Waals surface area contributed by atoms with Crippen molar-refractivity contribution >= 4 is 11.9 Å². The predicted octanol–water partition coefficient (Wildman–Crippen LogP) is 4.58. The first-order valence-electron chi connectivity index (χ1n) is 11.6. The monoisotopic (exact) mass is 436 g/mol. The summed E-state index contributed by atoms with van der Waals surface area (Å²) in [5.74, 6) is 1.35. The molecule has 0 unspecified atom stereocenters. The smallest absolute Gasteiger partial charge is 0.308 e. The van der Waals surface area contributed by atoms with Gasteiger partial charge in [-0.3, -0.25) is 14.6 Å². The Balaban J connectivity index is 1.19. The lowest BCUT2D eigenvalue weighted by molar-refractivity contribution is -0.149. The Morgan fingerprint density at radius 2 is 1.78 bits per heavy atom. The van der Waals surface area contributed by atoms with E-state index in [1.807, 2.05) is 0 Å². The van der Waals surface area contributed by atoms with Gasteiger partial charge in [0.15, 0.2) is 6.10 Å². The Hall–Kier alpha value is -2.76. The van der Waals surface area contributed by atoms with Gasteiger partial charge >= 0.3 is 5.97 Å². The molecule has 6 rings (SSSR count). The zero-order valence-electron chi connectivity index (χ0n) is 18.1. The second-order valence-electron chi connectivity index (χ2n) is 9.88. The Kier molecular flexibility index (Phi) is 5.70. The first-order valence-corrected chi connectivity index (χ1v) is 11.6. The van der Waals surface area contributed by atoms with Gasteiger partial charge < -0.3 is 10.1 Å². The third kappa shape index (κ3) is 4.27. The number of nitrogens with zero attached hydrogens (tertiary/aromatic N) is 1. The summed E-state index contributed by atoms with van der Waals surface area (Å²) in [6, 6.07) is 11.3.